The maximum Gasteiger partial charge on any atom is 0.255 e. The van der Waals surface area contributed by atoms with Gasteiger partial charge in [0.05, 0.1) is 41.1 Å². The molecular formula is C26H27ClFN7O3. The SMILES string of the molecule is C=CC(=O)N1C[C@@H](n2nc(C#Cc3c(Cl)cc4c(ncn4C4CC4)c3F)c(C(N)=O)c2NC)C[C@@H]1COC. The van der Waals surface area contributed by atoms with E-state index in [1.54, 1.807) is 36.1 Å². The summed E-state index contributed by atoms with van der Waals surface area (Å²) in [5.41, 5.74) is 6.59. The molecule has 10 nitrogen and oxygen atoms in total. The molecule has 3 aromatic rings. The molecule has 0 bridgehead atoms. The molecule has 2 fully saturated rings. The number of anilines is 1. The summed E-state index contributed by atoms with van der Waals surface area (Å²) < 4.78 is 24.2. The van der Waals surface area contributed by atoms with Crippen LogP contribution < -0.4 is 11.1 Å². The van der Waals surface area contributed by atoms with Crippen molar-refractivity contribution in [1.29, 1.82) is 0 Å². The Bertz CT molecular complexity index is 1510. The molecule has 198 valence electrons. The van der Waals surface area contributed by atoms with Crippen LogP contribution in [0.25, 0.3) is 11.0 Å². The number of aromatic nitrogens is 4. The molecule has 1 aliphatic carbocycles. The highest BCUT2D eigenvalue weighted by Gasteiger charge is 2.38. The molecule has 2 aromatic heterocycles. The largest absolute Gasteiger partial charge is 0.383 e. The lowest BCUT2D eigenvalue weighted by atomic mass is 10.1. The predicted octanol–water partition coefficient (Wildman–Crippen LogP) is 2.88. The number of hydrogen-bond acceptors (Lipinski definition) is 6. The molecule has 2 atom stereocenters. The van der Waals surface area contributed by atoms with E-state index in [1.807, 2.05) is 4.57 Å². The average molecular weight is 540 g/mol. The van der Waals surface area contributed by atoms with E-state index in [1.165, 1.54) is 6.08 Å². The van der Waals surface area contributed by atoms with Crippen LogP contribution in [0, 0.1) is 17.7 Å². The van der Waals surface area contributed by atoms with E-state index >= 15 is 4.39 Å². The first-order chi connectivity index (χ1) is 18.3. The monoisotopic (exact) mass is 539 g/mol. The Labute approximate surface area is 223 Å². The fraction of sp³-hybridized carbons (Fsp3) is 0.385. The van der Waals surface area contributed by atoms with Gasteiger partial charge in [0.25, 0.3) is 5.91 Å². The number of primary amides is 1. The lowest BCUT2D eigenvalue weighted by molar-refractivity contribution is -0.127. The zero-order valence-electron chi connectivity index (χ0n) is 21.0. The van der Waals surface area contributed by atoms with Crippen molar-refractivity contribution >= 4 is 40.3 Å². The van der Waals surface area contributed by atoms with Gasteiger partial charge >= 0.3 is 0 Å². The molecule has 12 heteroatoms. The van der Waals surface area contributed by atoms with Crippen molar-refractivity contribution in [3.05, 3.63) is 52.7 Å². The number of carbonyl (C=O) groups is 2. The molecule has 0 unspecified atom stereocenters. The number of fused-ring (bicyclic) bond motifs is 1. The number of halogens is 2. The van der Waals surface area contributed by atoms with E-state index in [-0.39, 0.29) is 45.4 Å². The van der Waals surface area contributed by atoms with E-state index in [0.29, 0.717) is 36.9 Å². The van der Waals surface area contributed by atoms with Gasteiger partial charge in [0.2, 0.25) is 5.91 Å². The summed E-state index contributed by atoms with van der Waals surface area (Å²) in [5.74, 6) is 4.28. The standard InChI is InChI=1S/C26H27ClFN7O3/c1-4-21(36)33-11-15(9-16(33)12-38-3)35-26(30-2)22(25(29)37)19(32-35)8-7-17-18(27)10-20-24(23(17)28)31-13-34(20)14-5-6-14/h4,10,13-16,30H,1,5-6,9,11-12H2,2-3H3,(H2,29,37)/t15-,16+/m0/s1. The fourth-order valence-corrected chi connectivity index (χ4v) is 5.28. The highest BCUT2D eigenvalue weighted by molar-refractivity contribution is 6.32. The quantitative estimate of drug-likeness (QED) is 0.352. The van der Waals surface area contributed by atoms with Crippen LogP contribution in [-0.4, -0.2) is 69.4 Å². The number of ether oxygens (including phenoxy) is 1. The van der Waals surface area contributed by atoms with Crippen molar-refractivity contribution in [3.63, 3.8) is 0 Å². The molecule has 0 spiro atoms. The molecule has 1 saturated heterocycles. The molecule has 3 heterocycles. The molecule has 1 aliphatic heterocycles. The number of rotatable bonds is 7. The number of nitrogens with zero attached hydrogens (tertiary/aromatic N) is 5. The first-order valence-electron chi connectivity index (χ1n) is 12.2. The predicted molar refractivity (Wildman–Crippen MR) is 140 cm³/mol. The first kappa shape index (κ1) is 25.8. The molecular weight excluding hydrogens is 513 g/mol. The number of likely N-dealkylation sites (tertiary alicyclic amines) is 1. The summed E-state index contributed by atoms with van der Waals surface area (Å²) in [5, 5.41) is 7.67. The minimum absolute atomic E-state index is 0.0417. The normalized spacial score (nSPS) is 18.9. The second-order valence-electron chi connectivity index (χ2n) is 9.37. The van der Waals surface area contributed by atoms with E-state index in [0.717, 1.165) is 12.8 Å². The topological polar surface area (TPSA) is 120 Å². The van der Waals surface area contributed by atoms with Crippen LogP contribution in [0.1, 0.15) is 53.0 Å². The Morgan fingerprint density at radius 2 is 2.13 bits per heavy atom. The summed E-state index contributed by atoms with van der Waals surface area (Å²) in [6.45, 7) is 4.23. The Morgan fingerprint density at radius 3 is 2.76 bits per heavy atom. The average Bonchev–Trinajstić information content (AvgIpc) is 3.33. The third-order valence-corrected chi connectivity index (χ3v) is 7.25. The van der Waals surface area contributed by atoms with Crippen LogP contribution >= 0.6 is 11.6 Å². The first-order valence-corrected chi connectivity index (χ1v) is 12.5. The van der Waals surface area contributed by atoms with Gasteiger partial charge in [-0.25, -0.2) is 14.1 Å². The zero-order valence-corrected chi connectivity index (χ0v) is 21.8. The van der Waals surface area contributed by atoms with Crippen LogP contribution in [0.4, 0.5) is 10.2 Å². The number of amides is 2. The Kier molecular flexibility index (Phi) is 6.86. The van der Waals surface area contributed by atoms with Gasteiger partial charge in [-0.05, 0) is 37.3 Å². The van der Waals surface area contributed by atoms with Gasteiger partial charge in [-0.15, -0.1) is 0 Å². The van der Waals surface area contributed by atoms with E-state index in [9.17, 15) is 9.59 Å². The number of hydrogen-bond donors (Lipinski definition) is 2. The van der Waals surface area contributed by atoms with Crippen molar-refractivity contribution in [2.45, 2.75) is 37.4 Å². The summed E-state index contributed by atoms with van der Waals surface area (Å²) in [6.07, 6.45) is 5.43. The Hall–Kier alpha value is -3.88. The van der Waals surface area contributed by atoms with E-state index in [2.05, 4.69) is 33.8 Å². The van der Waals surface area contributed by atoms with Crippen LogP contribution in [0.3, 0.4) is 0 Å². The summed E-state index contributed by atoms with van der Waals surface area (Å²) in [6, 6.07) is 1.47. The second kappa shape index (κ2) is 10.1. The Balaban J connectivity index is 1.55. The maximum absolute atomic E-state index is 15.4. The maximum atomic E-state index is 15.4. The molecule has 2 aliphatic rings. The van der Waals surface area contributed by atoms with Crippen LogP contribution in [-0.2, 0) is 9.53 Å². The van der Waals surface area contributed by atoms with Gasteiger partial charge in [-0.3, -0.25) is 9.59 Å². The summed E-state index contributed by atoms with van der Waals surface area (Å²) >= 11 is 6.43. The molecule has 5 rings (SSSR count). The van der Waals surface area contributed by atoms with Gasteiger partial charge < -0.3 is 25.3 Å². The van der Waals surface area contributed by atoms with Crippen molar-refractivity contribution in [1.82, 2.24) is 24.2 Å². The van der Waals surface area contributed by atoms with Crippen molar-refractivity contribution in [2.75, 3.05) is 32.6 Å². The molecule has 2 amide bonds. The van der Waals surface area contributed by atoms with Crippen molar-refractivity contribution < 1.29 is 18.7 Å². The molecule has 0 radical (unpaired) electrons. The zero-order chi connectivity index (χ0) is 27.1. The third-order valence-electron chi connectivity index (χ3n) is 6.96. The number of imidazole rings is 1. The smallest absolute Gasteiger partial charge is 0.255 e. The second-order valence-corrected chi connectivity index (χ2v) is 9.78. The highest BCUT2D eigenvalue weighted by atomic mass is 35.5. The van der Waals surface area contributed by atoms with Gasteiger partial charge in [0, 0.05) is 26.7 Å². The van der Waals surface area contributed by atoms with Gasteiger partial charge in [-0.1, -0.05) is 24.1 Å². The summed E-state index contributed by atoms with van der Waals surface area (Å²) in [7, 11) is 3.19. The van der Waals surface area contributed by atoms with Gasteiger partial charge in [-0.2, -0.15) is 5.10 Å². The fourth-order valence-electron chi connectivity index (χ4n) is 5.04. The minimum atomic E-state index is -0.749. The van der Waals surface area contributed by atoms with Crippen molar-refractivity contribution in [3.8, 4) is 11.8 Å². The van der Waals surface area contributed by atoms with Crippen LogP contribution in [0.2, 0.25) is 5.02 Å². The molecule has 38 heavy (non-hydrogen) atoms. The molecule has 3 N–H and O–H groups in total. The highest BCUT2D eigenvalue weighted by Crippen LogP contribution is 2.39. The molecule has 1 aromatic carbocycles. The van der Waals surface area contributed by atoms with Crippen LogP contribution in [0.5, 0.6) is 0 Å². The minimum Gasteiger partial charge on any atom is -0.383 e. The van der Waals surface area contributed by atoms with E-state index < -0.39 is 11.7 Å². The van der Waals surface area contributed by atoms with Gasteiger partial charge in [0.15, 0.2) is 11.5 Å². The third kappa shape index (κ3) is 4.40. The van der Waals surface area contributed by atoms with Gasteiger partial charge in [0.1, 0.15) is 16.9 Å². The molecule has 1 saturated carbocycles. The number of carbonyl (C=O) groups excluding carboxylic acids is 2. The number of methoxy groups -OCH3 is 1. The lowest BCUT2D eigenvalue weighted by Gasteiger charge is -2.22. The van der Waals surface area contributed by atoms with Crippen molar-refractivity contribution in [2.24, 2.45) is 5.73 Å². The number of nitrogens with one attached hydrogen (secondary N) is 1. The number of nitrogens with two attached hydrogens (primary N) is 1. The number of benzene rings is 1. The van der Waals surface area contributed by atoms with E-state index in [4.69, 9.17) is 22.1 Å². The lowest BCUT2D eigenvalue weighted by Crippen LogP contribution is -2.37. The Morgan fingerprint density at radius 1 is 1.37 bits per heavy atom. The summed E-state index contributed by atoms with van der Waals surface area (Å²) in [4.78, 5) is 30.8. The van der Waals surface area contributed by atoms with Crippen LogP contribution in [0.15, 0.2) is 25.0 Å².